The SMILES string of the molecule is C=CCc1ccc2c(c1)CC[C@@H]1[C@@H]2CC[C@@]2(C)[C@H]1CC[C@@]2(O)C#C[Si](C)(C)C. The maximum Gasteiger partial charge on any atom is 0.130 e. The number of fused-ring (bicyclic) bond motifs is 5. The number of benzene rings is 1. The fourth-order valence-corrected chi connectivity index (χ4v) is 7.02. The van der Waals surface area contributed by atoms with Crippen molar-refractivity contribution < 1.29 is 5.11 Å². The van der Waals surface area contributed by atoms with Crippen molar-refractivity contribution in [1.82, 2.24) is 0 Å². The minimum Gasteiger partial charge on any atom is -0.377 e. The van der Waals surface area contributed by atoms with Crippen LogP contribution in [0.3, 0.4) is 0 Å². The summed E-state index contributed by atoms with van der Waals surface area (Å²) in [5.74, 6) is 5.42. The largest absolute Gasteiger partial charge is 0.377 e. The molecular formula is C26H36OSi. The standard InChI is InChI=1S/C26H36OSi/c1-6-7-19-8-10-21-20(18-19)9-11-23-22(21)12-14-25(2)24(23)13-15-26(25,27)16-17-28(3,4)5/h6,8,10,18,22-24,27H,1,7,9,11-15H2,2-5H3/t22-,23-,24+,25+,26-/m1/s1. The van der Waals surface area contributed by atoms with Gasteiger partial charge in [-0.1, -0.05) is 56.8 Å². The number of aliphatic hydroxyl groups is 1. The van der Waals surface area contributed by atoms with Crippen LogP contribution < -0.4 is 0 Å². The fraction of sp³-hybridized carbons (Fsp3) is 0.615. The molecule has 0 spiro atoms. The molecule has 2 fully saturated rings. The van der Waals surface area contributed by atoms with E-state index >= 15 is 0 Å². The summed E-state index contributed by atoms with van der Waals surface area (Å²) in [7, 11) is -1.48. The van der Waals surface area contributed by atoms with E-state index in [0.29, 0.717) is 17.8 Å². The quantitative estimate of drug-likeness (QED) is 0.378. The highest BCUT2D eigenvalue weighted by atomic mass is 28.3. The molecule has 5 atom stereocenters. The van der Waals surface area contributed by atoms with Crippen LogP contribution in [0.4, 0.5) is 0 Å². The second kappa shape index (κ2) is 6.89. The van der Waals surface area contributed by atoms with E-state index < -0.39 is 13.7 Å². The first-order valence-electron chi connectivity index (χ1n) is 11.2. The number of rotatable bonds is 2. The molecule has 1 aromatic carbocycles. The molecule has 150 valence electrons. The number of hydrogen-bond acceptors (Lipinski definition) is 1. The van der Waals surface area contributed by atoms with Gasteiger partial charge in [0.15, 0.2) is 0 Å². The van der Waals surface area contributed by atoms with Crippen molar-refractivity contribution in [2.45, 2.75) is 83.0 Å². The Morgan fingerprint density at radius 3 is 2.71 bits per heavy atom. The van der Waals surface area contributed by atoms with Crippen molar-refractivity contribution in [2.24, 2.45) is 17.3 Å². The van der Waals surface area contributed by atoms with Crippen LogP contribution in [0.1, 0.15) is 61.6 Å². The highest BCUT2D eigenvalue weighted by Crippen LogP contribution is 2.64. The normalized spacial score (nSPS) is 36.5. The van der Waals surface area contributed by atoms with Crippen LogP contribution >= 0.6 is 0 Å². The van der Waals surface area contributed by atoms with E-state index in [1.54, 1.807) is 11.1 Å². The highest BCUT2D eigenvalue weighted by Gasteiger charge is 2.61. The summed E-state index contributed by atoms with van der Waals surface area (Å²) in [5, 5.41) is 11.6. The molecular weight excluding hydrogens is 356 g/mol. The Kier molecular flexibility index (Phi) is 4.92. The Morgan fingerprint density at radius 2 is 2.00 bits per heavy atom. The van der Waals surface area contributed by atoms with Gasteiger partial charge in [-0.2, -0.15) is 0 Å². The molecule has 0 saturated heterocycles. The molecule has 0 radical (unpaired) electrons. The monoisotopic (exact) mass is 392 g/mol. The van der Waals surface area contributed by atoms with E-state index in [0.717, 1.165) is 25.7 Å². The second-order valence-corrected chi connectivity index (χ2v) is 15.5. The van der Waals surface area contributed by atoms with Crippen LogP contribution in [-0.2, 0) is 12.8 Å². The van der Waals surface area contributed by atoms with Crippen LogP contribution in [0.2, 0.25) is 19.6 Å². The molecule has 0 heterocycles. The molecule has 2 heteroatoms. The zero-order chi connectivity index (χ0) is 20.2. The molecule has 1 aromatic rings. The van der Waals surface area contributed by atoms with Crippen molar-refractivity contribution in [3.05, 3.63) is 47.5 Å². The van der Waals surface area contributed by atoms with Gasteiger partial charge in [0.2, 0.25) is 0 Å². The Hall–Kier alpha value is -1.30. The number of aryl methyl sites for hydroxylation is 1. The van der Waals surface area contributed by atoms with Gasteiger partial charge in [-0.25, -0.2) is 0 Å². The Bertz CT molecular complexity index is 838. The molecule has 1 N–H and O–H groups in total. The van der Waals surface area contributed by atoms with E-state index in [2.05, 4.69) is 62.8 Å². The Balaban J connectivity index is 1.63. The van der Waals surface area contributed by atoms with E-state index in [1.165, 1.54) is 24.8 Å². The third-order valence-electron chi connectivity index (χ3n) is 7.97. The zero-order valence-corrected chi connectivity index (χ0v) is 19.1. The first-order valence-corrected chi connectivity index (χ1v) is 14.7. The molecule has 2 saturated carbocycles. The zero-order valence-electron chi connectivity index (χ0n) is 18.1. The highest BCUT2D eigenvalue weighted by molar-refractivity contribution is 6.83. The topological polar surface area (TPSA) is 20.2 Å². The average Bonchev–Trinajstić information content (AvgIpc) is 2.91. The first-order chi connectivity index (χ1) is 13.2. The number of allylic oxidation sites excluding steroid dienone is 1. The molecule has 0 amide bonds. The van der Waals surface area contributed by atoms with Gasteiger partial charge in [-0.3, -0.25) is 0 Å². The third-order valence-corrected chi connectivity index (χ3v) is 8.84. The summed E-state index contributed by atoms with van der Waals surface area (Å²) in [4.78, 5) is 0. The van der Waals surface area contributed by atoms with Crippen molar-refractivity contribution in [3.63, 3.8) is 0 Å². The first kappa shape index (κ1) is 20.0. The lowest BCUT2D eigenvalue weighted by Gasteiger charge is -2.52. The maximum atomic E-state index is 11.6. The Morgan fingerprint density at radius 1 is 1.21 bits per heavy atom. The van der Waals surface area contributed by atoms with Crippen molar-refractivity contribution >= 4 is 8.07 Å². The van der Waals surface area contributed by atoms with Gasteiger partial charge >= 0.3 is 0 Å². The van der Waals surface area contributed by atoms with E-state index in [1.807, 2.05) is 6.08 Å². The van der Waals surface area contributed by atoms with Crippen molar-refractivity contribution in [2.75, 3.05) is 0 Å². The van der Waals surface area contributed by atoms with Crippen LogP contribution in [0.25, 0.3) is 0 Å². The predicted octanol–water partition coefficient (Wildman–Crippen LogP) is 5.88. The van der Waals surface area contributed by atoms with Gasteiger partial charge < -0.3 is 5.11 Å². The third kappa shape index (κ3) is 3.21. The molecule has 0 aliphatic heterocycles. The molecule has 0 unspecified atom stereocenters. The molecule has 3 aliphatic carbocycles. The van der Waals surface area contributed by atoms with Crippen molar-refractivity contribution in [3.8, 4) is 11.5 Å². The van der Waals surface area contributed by atoms with Gasteiger partial charge in [-0.05, 0) is 79.4 Å². The van der Waals surface area contributed by atoms with Crippen LogP contribution in [0.5, 0.6) is 0 Å². The number of hydrogen-bond donors (Lipinski definition) is 1. The van der Waals surface area contributed by atoms with Gasteiger partial charge in [0, 0.05) is 5.41 Å². The molecule has 28 heavy (non-hydrogen) atoms. The summed E-state index contributed by atoms with van der Waals surface area (Å²) in [5.41, 5.74) is 7.23. The van der Waals surface area contributed by atoms with Gasteiger partial charge in [0.1, 0.15) is 13.7 Å². The summed E-state index contributed by atoms with van der Waals surface area (Å²) in [6, 6.07) is 7.13. The lowest BCUT2D eigenvalue weighted by atomic mass is 9.53. The van der Waals surface area contributed by atoms with E-state index in [9.17, 15) is 5.11 Å². The van der Waals surface area contributed by atoms with Crippen LogP contribution in [0.15, 0.2) is 30.9 Å². The van der Waals surface area contributed by atoms with E-state index in [4.69, 9.17) is 0 Å². The minimum atomic E-state index is -1.48. The lowest BCUT2D eigenvalue weighted by molar-refractivity contribution is -0.0647. The summed E-state index contributed by atoms with van der Waals surface area (Å²) in [6.07, 6.45) is 9.72. The second-order valence-electron chi connectivity index (χ2n) is 10.8. The predicted molar refractivity (Wildman–Crippen MR) is 121 cm³/mol. The van der Waals surface area contributed by atoms with Crippen molar-refractivity contribution in [1.29, 1.82) is 0 Å². The van der Waals surface area contributed by atoms with E-state index in [-0.39, 0.29) is 5.41 Å². The minimum absolute atomic E-state index is 0.0406. The van der Waals surface area contributed by atoms with Gasteiger partial charge in [0.05, 0.1) is 0 Å². The van der Waals surface area contributed by atoms with Gasteiger partial charge in [-0.15, -0.1) is 12.1 Å². The summed E-state index contributed by atoms with van der Waals surface area (Å²) in [6.45, 7) is 13.1. The Labute approximate surface area is 172 Å². The van der Waals surface area contributed by atoms with Crippen LogP contribution in [-0.4, -0.2) is 18.8 Å². The van der Waals surface area contributed by atoms with Gasteiger partial charge in [0.25, 0.3) is 0 Å². The average molecular weight is 393 g/mol. The summed E-state index contributed by atoms with van der Waals surface area (Å²) < 4.78 is 0. The van der Waals surface area contributed by atoms with Crippen LogP contribution in [0, 0.1) is 28.7 Å². The maximum absolute atomic E-state index is 11.6. The summed E-state index contributed by atoms with van der Waals surface area (Å²) >= 11 is 0. The smallest absolute Gasteiger partial charge is 0.130 e. The molecule has 0 aromatic heterocycles. The fourth-order valence-electron chi connectivity index (χ4n) is 6.44. The molecule has 0 bridgehead atoms. The molecule has 3 aliphatic rings. The molecule has 1 nitrogen and oxygen atoms in total. The lowest BCUT2D eigenvalue weighted by Crippen LogP contribution is -2.50. The molecule has 4 rings (SSSR count).